The van der Waals surface area contributed by atoms with Gasteiger partial charge in [-0.15, -0.1) is 0 Å². The number of fused-ring (bicyclic) bond motifs is 1. The van der Waals surface area contributed by atoms with Gasteiger partial charge in [0.2, 0.25) is 5.28 Å². The van der Waals surface area contributed by atoms with Crippen molar-refractivity contribution in [3.63, 3.8) is 0 Å². The first-order valence-corrected chi connectivity index (χ1v) is 7.30. The third kappa shape index (κ3) is 2.79. The number of rotatable bonds is 2. The summed E-state index contributed by atoms with van der Waals surface area (Å²) in [7, 11) is 1.28. The summed E-state index contributed by atoms with van der Waals surface area (Å²) < 4.78 is 10.0. The van der Waals surface area contributed by atoms with E-state index < -0.39 is 5.97 Å². The summed E-state index contributed by atoms with van der Waals surface area (Å²) in [5.74, 6) is -0.0439. The zero-order valence-electron chi connectivity index (χ0n) is 11.7. The van der Waals surface area contributed by atoms with Crippen molar-refractivity contribution in [1.29, 1.82) is 0 Å². The molecule has 2 aromatic heterocycles. The van der Waals surface area contributed by atoms with E-state index in [1.165, 1.54) is 13.2 Å². The number of methoxy groups -OCH3 is 1. The molecule has 22 heavy (non-hydrogen) atoms. The molecule has 1 saturated heterocycles. The van der Waals surface area contributed by atoms with E-state index in [0.29, 0.717) is 43.2 Å². The molecule has 1 fully saturated rings. The Hall–Kier alpha value is -1.70. The average Bonchev–Trinajstić information content (AvgIpc) is 2.54. The molecule has 116 valence electrons. The molecule has 1 aliphatic rings. The van der Waals surface area contributed by atoms with Crippen molar-refractivity contribution in [1.82, 2.24) is 15.0 Å². The van der Waals surface area contributed by atoms with Crippen molar-refractivity contribution in [3.8, 4) is 0 Å². The average molecular weight is 343 g/mol. The summed E-state index contributed by atoms with van der Waals surface area (Å²) >= 11 is 12.2. The zero-order valence-corrected chi connectivity index (χ0v) is 13.2. The number of hydrogen-bond acceptors (Lipinski definition) is 7. The number of carbonyl (C=O) groups is 1. The van der Waals surface area contributed by atoms with Crippen LogP contribution in [-0.4, -0.2) is 54.3 Å². The van der Waals surface area contributed by atoms with E-state index in [1.807, 2.05) is 4.90 Å². The van der Waals surface area contributed by atoms with E-state index in [-0.39, 0.29) is 16.0 Å². The van der Waals surface area contributed by atoms with Crippen LogP contribution in [0.15, 0.2) is 6.07 Å². The molecule has 0 aromatic carbocycles. The lowest BCUT2D eigenvalue weighted by atomic mass is 10.2. The molecule has 0 radical (unpaired) electrons. The molecule has 0 spiro atoms. The van der Waals surface area contributed by atoms with Gasteiger partial charge in [0.25, 0.3) is 0 Å². The van der Waals surface area contributed by atoms with Crippen LogP contribution in [0.2, 0.25) is 10.3 Å². The summed E-state index contributed by atoms with van der Waals surface area (Å²) in [5, 5.41) is 0.340. The van der Waals surface area contributed by atoms with E-state index in [0.717, 1.165) is 0 Å². The van der Waals surface area contributed by atoms with Crippen LogP contribution in [0.1, 0.15) is 10.5 Å². The second-order valence-corrected chi connectivity index (χ2v) is 5.34. The molecule has 9 heteroatoms. The molecule has 0 unspecified atom stereocenters. The molecule has 0 saturated carbocycles. The summed E-state index contributed by atoms with van der Waals surface area (Å²) in [6, 6.07) is 1.40. The van der Waals surface area contributed by atoms with Gasteiger partial charge >= 0.3 is 5.97 Å². The van der Waals surface area contributed by atoms with Gasteiger partial charge in [-0.2, -0.15) is 4.98 Å². The molecule has 0 amide bonds. The maximum Gasteiger partial charge on any atom is 0.356 e. The Morgan fingerprint density at radius 2 is 1.95 bits per heavy atom. The van der Waals surface area contributed by atoms with Crippen LogP contribution in [0.3, 0.4) is 0 Å². The number of ether oxygens (including phenoxy) is 2. The maximum absolute atomic E-state index is 11.7. The van der Waals surface area contributed by atoms with Crippen molar-refractivity contribution in [2.45, 2.75) is 0 Å². The van der Waals surface area contributed by atoms with Gasteiger partial charge in [-0.05, 0) is 17.7 Å². The van der Waals surface area contributed by atoms with Crippen LogP contribution in [0, 0.1) is 0 Å². The minimum absolute atomic E-state index is 0.0727. The number of pyridine rings is 1. The highest BCUT2D eigenvalue weighted by molar-refractivity contribution is 6.36. The molecule has 0 atom stereocenters. The molecular weight excluding hydrogens is 331 g/mol. The van der Waals surface area contributed by atoms with Crippen molar-refractivity contribution >= 4 is 46.0 Å². The molecule has 1 aliphatic heterocycles. The molecule has 0 bridgehead atoms. The first-order valence-electron chi connectivity index (χ1n) is 6.55. The van der Waals surface area contributed by atoms with E-state index in [4.69, 9.17) is 27.9 Å². The Bertz CT molecular complexity index is 735. The van der Waals surface area contributed by atoms with Crippen molar-refractivity contribution < 1.29 is 14.3 Å². The van der Waals surface area contributed by atoms with Crippen molar-refractivity contribution in [2.24, 2.45) is 0 Å². The second-order valence-electron chi connectivity index (χ2n) is 4.59. The maximum atomic E-state index is 11.7. The van der Waals surface area contributed by atoms with Gasteiger partial charge < -0.3 is 14.4 Å². The predicted molar refractivity (Wildman–Crippen MR) is 81.7 cm³/mol. The third-order valence-electron chi connectivity index (χ3n) is 3.27. The Morgan fingerprint density at radius 1 is 1.23 bits per heavy atom. The standard InChI is InChI=1S/C13H12Cl2N4O3/c1-21-12(20)8-6-7(14)9-10(16-8)11(18-13(15)17-9)19-2-4-22-5-3-19/h6H,2-5H2,1H3. The normalized spacial score (nSPS) is 15.1. The van der Waals surface area contributed by atoms with Gasteiger partial charge in [-0.3, -0.25) is 0 Å². The number of anilines is 1. The fourth-order valence-corrected chi connectivity index (χ4v) is 2.63. The quantitative estimate of drug-likeness (QED) is 0.609. The smallest absolute Gasteiger partial charge is 0.356 e. The van der Waals surface area contributed by atoms with Crippen molar-refractivity contribution in [2.75, 3.05) is 38.3 Å². The monoisotopic (exact) mass is 342 g/mol. The lowest BCUT2D eigenvalue weighted by molar-refractivity contribution is 0.0594. The number of esters is 1. The molecule has 3 rings (SSSR count). The number of morpholine rings is 1. The summed E-state index contributed by atoms with van der Waals surface area (Å²) in [4.78, 5) is 26.3. The number of aromatic nitrogens is 3. The van der Waals surface area contributed by atoms with E-state index in [9.17, 15) is 4.79 Å². The van der Waals surface area contributed by atoms with Crippen LogP contribution in [-0.2, 0) is 9.47 Å². The first kappa shape index (κ1) is 15.2. The van der Waals surface area contributed by atoms with Crippen LogP contribution in [0.4, 0.5) is 5.82 Å². The Kier molecular flexibility index (Phi) is 4.28. The molecule has 7 nitrogen and oxygen atoms in total. The van der Waals surface area contributed by atoms with Crippen LogP contribution >= 0.6 is 23.2 Å². The molecule has 0 aliphatic carbocycles. The highest BCUT2D eigenvalue weighted by Crippen LogP contribution is 2.29. The largest absolute Gasteiger partial charge is 0.464 e. The van der Waals surface area contributed by atoms with Gasteiger partial charge in [-0.25, -0.2) is 14.8 Å². The lowest BCUT2D eigenvalue weighted by Crippen LogP contribution is -2.37. The van der Waals surface area contributed by atoms with Gasteiger partial charge in [-0.1, -0.05) is 11.6 Å². The number of halogens is 2. The fourth-order valence-electron chi connectivity index (χ4n) is 2.23. The summed E-state index contributed by atoms with van der Waals surface area (Å²) in [6.45, 7) is 2.44. The Balaban J connectivity index is 2.20. The fraction of sp³-hybridized carbons (Fsp3) is 0.385. The summed E-state index contributed by atoms with van der Waals surface area (Å²) in [5.41, 5.74) is 0.912. The van der Waals surface area contributed by atoms with E-state index >= 15 is 0 Å². The van der Waals surface area contributed by atoms with Gasteiger partial charge in [0.05, 0.1) is 25.3 Å². The Morgan fingerprint density at radius 3 is 2.64 bits per heavy atom. The molecule has 0 N–H and O–H groups in total. The van der Waals surface area contributed by atoms with Crippen LogP contribution in [0.5, 0.6) is 0 Å². The predicted octanol–water partition coefficient (Wildman–Crippen LogP) is 1.95. The summed E-state index contributed by atoms with van der Waals surface area (Å²) in [6.07, 6.45) is 0. The zero-order chi connectivity index (χ0) is 15.7. The Labute approximate surface area is 136 Å². The van der Waals surface area contributed by atoms with Gasteiger partial charge in [0, 0.05) is 13.1 Å². The van der Waals surface area contributed by atoms with E-state index in [1.54, 1.807) is 0 Å². The minimum Gasteiger partial charge on any atom is -0.464 e. The van der Waals surface area contributed by atoms with Crippen molar-refractivity contribution in [3.05, 3.63) is 22.1 Å². The SMILES string of the molecule is COC(=O)c1cc(Cl)c2nc(Cl)nc(N3CCOCC3)c2n1. The van der Waals surface area contributed by atoms with Gasteiger partial charge in [0.15, 0.2) is 11.5 Å². The van der Waals surface area contributed by atoms with E-state index in [2.05, 4.69) is 19.7 Å². The number of nitrogens with zero attached hydrogens (tertiary/aromatic N) is 4. The number of hydrogen-bond donors (Lipinski definition) is 0. The highest BCUT2D eigenvalue weighted by atomic mass is 35.5. The third-order valence-corrected chi connectivity index (χ3v) is 3.72. The number of carbonyl (C=O) groups excluding carboxylic acids is 1. The molecule has 3 heterocycles. The van der Waals surface area contributed by atoms with Gasteiger partial charge in [0.1, 0.15) is 11.0 Å². The highest BCUT2D eigenvalue weighted by Gasteiger charge is 2.21. The lowest BCUT2D eigenvalue weighted by Gasteiger charge is -2.28. The van der Waals surface area contributed by atoms with Crippen LogP contribution in [0.25, 0.3) is 11.0 Å². The van der Waals surface area contributed by atoms with Crippen LogP contribution < -0.4 is 4.90 Å². The minimum atomic E-state index is -0.577. The topological polar surface area (TPSA) is 77.4 Å². The molecular formula is C13H12Cl2N4O3. The first-order chi connectivity index (χ1) is 10.6. The second kappa shape index (κ2) is 6.20. The molecule has 2 aromatic rings.